The molecule has 3 aromatic carbocycles. The van der Waals surface area contributed by atoms with Gasteiger partial charge in [0.1, 0.15) is 24.7 Å². The van der Waals surface area contributed by atoms with Crippen molar-refractivity contribution >= 4 is 5.71 Å². The van der Waals surface area contributed by atoms with Crippen molar-refractivity contribution in [2.24, 2.45) is 12.2 Å². The van der Waals surface area contributed by atoms with Crippen LogP contribution in [0, 0.1) is 6.92 Å². The van der Waals surface area contributed by atoms with Gasteiger partial charge in [-0.05, 0) is 30.7 Å². The molecule has 0 spiro atoms. The Bertz CT molecular complexity index is 1330. The number of aromatic nitrogens is 3. The Morgan fingerprint density at radius 1 is 1.06 bits per heavy atom. The summed E-state index contributed by atoms with van der Waals surface area (Å²) in [5, 5.41) is 7.30. The lowest BCUT2D eigenvalue weighted by Crippen LogP contribution is -2.40. The van der Waals surface area contributed by atoms with Crippen molar-refractivity contribution in [2.75, 3.05) is 6.61 Å². The number of hydrogen-bond acceptors (Lipinski definition) is 4. The van der Waals surface area contributed by atoms with Crippen molar-refractivity contribution in [1.29, 1.82) is 0 Å². The van der Waals surface area contributed by atoms with Crippen LogP contribution in [0.15, 0.2) is 95.4 Å². The standard InChI is InChI=1S/C26H26N4O3/c1-4-16-33-27-25(20-11-6-5-7-12-20)21-13-9-14-22(17-21)32-18-23-19(2)10-8-15-24(23)30-26(31)29(3)28-30/h4-15,17,28H,1,16,18H2,2-3H3/b27-25+. The van der Waals surface area contributed by atoms with Crippen LogP contribution >= 0.6 is 0 Å². The molecule has 0 aliphatic rings. The molecule has 0 aliphatic heterocycles. The number of nitrogens with zero attached hydrogens (tertiary/aromatic N) is 3. The molecule has 0 unspecified atom stereocenters. The summed E-state index contributed by atoms with van der Waals surface area (Å²) in [4.78, 5) is 17.6. The molecule has 4 aromatic rings. The van der Waals surface area contributed by atoms with Gasteiger partial charge in [0.25, 0.3) is 0 Å². The van der Waals surface area contributed by atoms with Crippen molar-refractivity contribution in [1.82, 2.24) is 14.6 Å². The molecule has 0 amide bonds. The first-order valence-electron chi connectivity index (χ1n) is 10.6. The van der Waals surface area contributed by atoms with Crippen LogP contribution in [0.2, 0.25) is 0 Å². The highest BCUT2D eigenvalue weighted by Crippen LogP contribution is 2.22. The third-order valence-corrected chi connectivity index (χ3v) is 5.24. The fourth-order valence-electron chi connectivity index (χ4n) is 3.49. The van der Waals surface area contributed by atoms with Crippen LogP contribution in [0.4, 0.5) is 0 Å². The second kappa shape index (κ2) is 9.91. The maximum atomic E-state index is 12.2. The first-order valence-corrected chi connectivity index (χ1v) is 10.6. The van der Waals surface area contributed by atoms with Crippen LogP contribution in [0.3, 0.4) is 0 Å². The molecular formula is C26H26N4O3. The average molecular weight is 443 g/mol. The van der Waals surface area contributed by atoms with Gasteiger partial charge in [-0.2, -0.15) is 4.68 Å². The van der Waals surface area contributed by atoms with Crippen molar-refractivity contribution in [3.8, 4) is 11.4 Å². The summed E-state index contributed by atoms with van der Waals surface area (Å²) in [6.45, 7) is 6.31. The molecule has 0 atom stereocenters. The summed E-state index contributed by atoms with van der Waals surface area (Å²) in [5.41, 5.74) is 5.14. The van der Waals surface area contributed by atoms with Crippen molar-refractivity contribution in [3.63, 3.8) is 0 Å². The maximum absolute atomic E-state index is 12.2. The van der Waals surface area contributed by atoms with Crippen LogP contribution in [0.25, 0.3) is 5.69 Å². The number of hydrogen-bond donors (Lipinski definition) is 1. The number of H-pyrrole nitrogens is 1. The van der Waals surface area contributed by atoms with E-state index in [1.807, 2.05) is 79.7 Å². The van der Waals surface area contributed by atoms with Gasteiger partial charge in [-0.25, -0.2) is 14.7 Å². The largest absolute Gasteiger partial charge is 0.489 e. The van der Waals surface area contributed by atoms with Crippen molar-refractivity contribution < 1.29 is 9.57 Å². The van der Waals surface area contributed by atoms with E-state index < -0.39 is 0 Å². The lowest BCUT2D eigenvalue weighted by Gasteiger charge is -2.19. The Balaban J connectivity index is 1.61. The van der Waals surface area contributed by atoms with E-state index in [4.69, 9.17) is 9.57 Å². The fourth-order valence-corrected chi connectivity index (χ4v) is 3.49. The van der Waals surface area contributed by atoms with Gasteiger partial charge in [-0.15, -0.1) is 0 Å². The van der Waals surface area contributed by atoms with Crippen LogP contribution in [-0.4, -0.2) is 26.9 Å². The van der Waals surface area contributed by atoms with E-state index in [1.54, 1.807) is 13.1 Å². The predicted molar refractivity (Wildman–Crippen MR) is 129 cm³/mol. The first kappa shape index (κ1) is 22.0. The van der Waals surface area contributed by atoms with E-state index in [0.717, 1.165) is 27.9 Å². The molecule has 168 valence electrons. The highest BCUT2D eigenvalue weighted by atomic mass is 16.6. The Hall–Kier alpha value is -4.26. The summed E-state index contributed by atoms with van der Waals surface area (Å²) >= 11 is 0. The topological polar surface area (TPSA) is 73.5 Å². The SMILES string of the molecule is C=CCO/N=C(\c1ccccc1)c1cccc(OCc2c(C)cccc2-n2[nH]n(C)c2=O)c1. The Morgan fingerprint density at radius 3 is 2.55 bits per heavy atom. The van der Waals surface area contributed by atoms with E-state index in [0.29, 0.717) is 24.7 Å². The van der Waals surface area contributed by atoms with Gasteiger partial charge in [0, 0.05) is 23.7 Å². The number of rotatable bonds is 9. The zero-order valence-electron chi connectivity index (χ0n) is 18.7. The van der Waals surface area contributed by atoms with E-state index in [-0.39, 0.29) is 5.69 Å². The summed E-state index contributed by atoms with van der Waals surface area (Å²) in [5.74, 6) is 0.689. The number of oxime groups is 1. The smallest absolute Gasteiger partial charge is 0.364 e. The highest BCUT2D eigenvalue weighted by molar-refractivity contribution is 6.12. The van der Waals surface area contributed by atoms with Crippen LogP contribution < -0.4 is 10.4 Å². The minimum atomic E-state index is -0.118. The Labute approximate surface area is 192 Å². The second-order valence-electron chi connectivity index (χ2n) is 7.56. The monoisotopic (exact) mass is 442 g/mol. The van der Waals surface area contributed by atoms with E-state index in [2.05, 4.69) is 16.9 Å². The van der Waals surface area contributed by atoms with Crippen LogP contribution in [0.5, 0.6) is 5.75 Å². The quantitative estimate of drug-likeness (QED) is 0.181. The van der Waals surface area contributed by atoms with Gasteiger partial charge in [0.15, 0.2) is 0 Å². The minimum Gasteiger partial charge on any atom is -0.489 e. The van der Waals surface area contributed by atoms with E-state index in [1.165, 1.54) is 9.36 Å². The summed E-state index contributed by atoms with van der Waals surface area (Å²) in [7, 11) is 1.68. The fraction of sp³-hybridized carbons (Fsp3) is 0.154. The zero-order valence-corrected chi connectivity index (χ0v) is 18.7. The van der Waals surface area contributed by atoms with Gasteiger partial charge in [0.2, 0.25) is 0 Å². The van der Waals surface area contributed by atoms with Crippen molar-refractivity contribution in [2.45, 2.75) is 13.5 Å². The zero-order chi connectivity index (χ0) is 23.2. The molecule has 0 radical (unpaired) electrons. The van der Waals surface area contributed by atoms with E-state index in [9.17, 15) is 4.79 Å². The molecular weight excluding hydrogens is 416 g/mol. The molecule has 0 saturated heterocycles. The van der Waals surface area contributed by atoms with Gasteiger partial charge in [-0.3, -0.25) is 0 Å². The third-order valence-electron chi connectivity index (χ3n) is 5.24. The number of nitrogens with one attached hydrogen (secondary N) is 1. The molecule has 33 heavy (non-hydrogen) atoms. The number of ether oxygens (including phenoxy) is 1. The summed E-state index contributed by atoms with van der Waals surface area (Å²) in [6, 6.07) is 23.4. The molecule has 7 nitrogen and oxygen atoms in total. The Kier molecular flexibility index (Phi) is 6.59. The molecule has 4 rings (SSSR count). The van der Waals surface area contributed by atoms with Gasteiger partial charge < -0.3 is 9.57 Å². The number of benzene rings is 3. The number of aromatic amines is 1. The lowest BCUT2D eigenvalue weighted by molar-refractivity contribution is 0.175. The molecule has 1 N–H and O–H groups in total. The lowest BCUT2D eigenvalue weighted by atomic mass is 10.0. The van der Waals surface area contributed by atoms with Gasteiger partial charge in [0.05, 0.1) is 5.69 Å². The Morgan fingerprint density at radius 2 is 1.82 bits per heavy atom. The van der Waals surface area contributed by atoms with Crippen LogP contribution in [-0.2, 0) is 18.5 Å². The van der Waals surface area contributed by atoms with Gasteiger partial charge >= 0.3 is 5.69 Å². The predicted octanol–water partition coefficient (Wildman–Crippen LogP) is 4.35. The molecule has 7 heteroatoms. The molecule has 1 heterocycles. The second-order valence-corrected chi connectivity index (χ2v) is 7.56. The van der Waals surface area contributed by atoms with Crippen molar-refractivity contribution in [3.05, 3.63) is 118 Å². The average Bonchev–Trinajstić information content (AvgIpc) is 2.85. The number of aryl methyl sites for hydroxylation is 2. The molecule has 1 aromatic heterocycles. The molecule has 0 fully saturated rings. The third kappa shape index (κ3) is 4.82. The summed E-state index contributed by atoms with van der Waals surface area (Å²) in [6.07, 6.45) is 1.65. The van der Waals surface area contributed by atoms with Gasteiger partial charge in [-0.1, -0.05) is 72.4 Å². The molecule has 0 bridgehead atoms. The minimum absolute atomic E-state index is 0.118. The highest BCUT2D eigenvalue weighted by Gasteiger charge is 2.14. The summed E-state index contributed by atoms with van der Waals surface area (Å²) < 4.78 is 9.09. The van der Waals surface area contributed by atoms with E-state index >= 15 is 0 Å². The van der Waals surface area contributed by atoms with Crippen LogP contribution in [0.1, 0.15) is 22.3 Å². The molecule has 0 saturated carbocycles. The normalized spacial score (nSPS) is 11.4. The molecule has 0 aliphatic carbocycles. The maximum Gasteiger partial charge on any atom is 0.364 e. The first-order chi connectivity index (χ1) is 16.1.